The molecule has 0 aromatic heterocycles. The minimum atomic E-state index is 0.259. The van der Waals surface area contributed by atoms with Crippen molar-refractivity contribution in [3.8, 4) is 5.75 Å². The van der Waals surface area contributed by atoms with Crippen LogP contribution < -0.4 is 4.74 Å². The molecule has 0 saturated heterocycles. The van der Waals surface area contributed by atoms with Crippen LogP contribution in [0.5, 0.6) is 5.75 Å². The average Bonchev–Trinajstić information content (AvgIpc) is 2.74. The van der Waals surface area contributed by atoms with E-state index in [1.54, 1.807) is 5.92 Å². The lowest BCUT2D eigenvalue weighted by molar-refractivity contribution is 0.301. The molecule has 3 aromatic rings. The third-order valence-electron chi connectivity index (χ3n) is 5.71. The molecule has 30 heavy (non-hydrogen) atoms. The van der Waals surface area contributed by atoms with Gasteiger partial charge in [0.2, 0.25) is 0 Å². The van der Waals surface area contributed by atoms with Crippen molar-refractivity contribution in [1.82, 2.24) is 0 Å². The maximum absolute atomic E-state index is 6.35. The molecule has 3 rings (SSSR count). The first-order valence-corrected chi connectivity index (χ1v) is 11.6. The highest BCUT2D eigenvalue weighted by Crippen LogP contribution is 2.42. The van der Waals surface area contributed by atoms with E-state index in [4.69, 9.17) is 4.74 Å². The maximum atomic E-state index is 6.35. The lowest BCUT2D eigenvalue weighted by Crippen LogP contribution is -2.18. The summed E-state index contributed by atoms with van der Waals surface area (Å²) < 4.78 is 7.44. The van der Waals surface area contributed by atoms with Crippen molar-refractivity contribution in [2.75, 3.05) is 0 Å². The fraction of sp³-hybridized carbons (Fsp3) is 0.321. The first-order chi connectivity index (χ1) is 14.5. The number of hydrogen-bond donors (Lipinski definition) is 0. The molecular formula is C28H32BrO. The first-order valence-electron chi connectivity index (χ1n) is 10.8. The van der Waals surface area contributed by atoms with Gasteiger partial charge in [-0.15, -0.1) is 0 Å². The Labute approximate surface area is 190 Å². The second-order valence-electron chi connectivity index (χ2n) is 8.51. The number of halogens is 1. The van der Waals surface area contributed by atoms with Gasteiger partial charge in [0.1, 0.15) is 12.4 Å². The summed E-state index contributed by atoms with van der Waals surface area (Å²) in [7, 11) is 0. The Morgan fingerprint density at radius 1 is 0.800 bits per heavy atom. The molecule has 3 aromatic carbocycles. The Balaban J connectivity index is 1.98. The number of benzene rings is 3. The molecule has 157 valence electrons. The second kappa shape index (κ2) is 10.8. The zero-order chi connectivity index (χ0) is 21.5. The van der Waals surface area contributed by atoms with Crippen LogP contribution in [0.2, 0.25) is 0 Å². The molecule has 0 amide bonds. The molecule has 0 fully saturated rings. The summed E-state index contributed by atoms with van der Waals surface area (Å²) in [6, 6.07) is 27.6. The van der Waals surface area contributed by atoms with E-state index in [2.05, 4.69) is 116 Å². The maximum Gasteiger partial charge on any atom is 0.123 e. The second-order valence-corrected chi connectivity index (χ2v) is 9.42. The van der Waals surface area contributed by atoms with Gasteiger partial charge in [-0.05, 0) is 53.5 Å². The van der Waals surface area contributed by atoms with Gasteiger partial charge < -0.3 is 4.74 Å². The normalized spacial score (nSPS) is 12.5. The van der Waals surface area contributed by atoms with Gasteiger partial charge in [-0.1, -0.05) is 104 Å². The third kappa shape index (κ3) is 5.98. The highest BCUT2D eigenvalue weighted by Gasteiger charge is 2.27. The Morgan fingerprint density at radius 2 is 1.40 bits per heavy atom. The smallest absolute Gasteiger partial charge is 0.123 e. The van der Waals surface area contributed by atoms with Crippen molar-refractivity contribution in [2.45, 2.75) is 46.6 Å². The lowest BCUT2D eigenvalue weighted by Gasteiger charge is -2.30. The highest BCUT2D eigenvalue weighted by molar-refractivity contribution is 9.10. The number of hydrogen-bond acceptors (Lipinski definition) is 1. The summed E-state index contributed by atoms with van der Waals surface area (Å²) in [4.78, 5) is 0. The summed E-state index contributed by atoms with van der Waals surface area (Å²) in [5.41, 5.74) is 3.75. The zero-order valence-electron chi connectivity index (χ0n) is 18.4. The van der Waals surface area contributed by atoms with E-state index in [1.807, 2.05) is 6.07 Å². The van der Waals surface area contributed by atoms with Gasteiger partial charge >= 0.3 is 0 Å². The Bertz CT molecular complexity index is 894. The molecule has 1 nitrogen and oxygen atoms in total. The molecule has 0 spiro atoms. The van der Waals surface area contributed by atoms with E-state index in [0.29, 0.717) is 18.4 Å². The van der Waals surface area contributed by atoms with E-state index in [0.717, 1.165) is 16.6 Å². The number of ether oxygens (including phenoxy) is 1. The zero-order valence-corrected chi connectivity index (χ0v) is 20.0. The summed E-state index contributed by atoms with van der Waals surface area (Å²) in [5, 5.41) is 0. The van der Waals surface area contributed by atoms with Crippen LogP contribution in [0.15, 0.2) is 83.3 Å². The third-order valence-corrected chi connectivity index (χ3v) is 6.20. The van der Waals surface area contributed by atoms with Gasteiger partial charge in [0.05, 0.1) is 0 Å². The molecule has 0 aliphatic rings. The molecule has 1 radical (unpaired) electrons. The van der Waals surface area contributed by atoms with Crippen molar-refractivity contribution in [2.24, 2.45) is 11.8 Å². The average molecular weight is 464 g/mol. The van der Waals surface area contributed by atoms with Crippen molar-refractivity contribution < 1.29 is 4.74 Å². The minimum absolute atomic E-state index is 0.259. The van der Waals surface area contributed by atoms with Crippen molar-refractivity contribution in [1.29, 1.82) is 0 Å². The topological polar surface area (TPSA) is 9.23 Å². The van der Waals surface area contributed by atoms with E-state index in [9.17, 15) is 0 Å². The van der Waals surface area contributed by atoms with E-state index in [-0.39, 0.29) is 5.92 Å². The SMILES string of the molecule is CC(C)[C](CC(c1ccccc1)c1cc(Br)ccc1OCc1ccccc1)C(C)C. The number of rotatable bonds is 9. The van der Waals surface area contributed by atoms with Gasteiger partial charge in [-0.3, -0.25) is 0 Å². The van der Waals surface area contributed by atoms with Crippen LogP contribution in [-0.2, 0) is 6.61 Å². The van der Waals surface area contributed by atoms with E-state index >= 15 is 0 Å². The van der Waals surface area contributed by atoms with Crippen LogP contribution >= 0.6 is 15.9 Å². The standard InChI is InChI=1S/C28H32BrO/c1-20(2)25(21(3)4)18-26(23-13-9-6-10-14-23)27-17-24(29)15-16-28(27)30-19-22-11-7-5-8-12-22/h5-17,20-21,26H,18-19H2,1-4H3. The van der Waals surface area contributed by atoms with Crippen molar-refractivity contribution in [3.63, 3.8) is 0 Å². The summed E-state index contributed by atoms with van der Waals surface area (Å²) in [6.45, 7) is 9.81. The van der Waals surface area contributed by atoms with Gasteiger partial charge in [-0.2, -0.15) is 0 Å². The molecule has 0 bridgehead atoms. The van der Waals surface area contributed by atoms with Crippen molar-refractivity contribution >= 4 is 15.9 Å². The lowest BCUT2D eigenvalue weighted by atomic mass is 9.75. The molecule has 0 N–H and O–H groups in total. The van der Waals surface area contributed by atoms with Crippen LogP contribution in [-0.4, -0.2) is 0 Å². The molecular weight excluding hydrogens is 432 g/mol. The van der Waals surface area contributed by atoms with Crippen LogP contribution in [0.1, 0.15) is 56.7 Å². The highest BCUT2D eigenvalue weighted by atomic mass is 79.9. The fourth-order valence-corrected chi connectivity index (χ4v) is 4.50. The van der Waals surface area contributed by atoms with Gasteiger partial charge in [-0.25, -0.2) is 0 Å². The Kier molecular flexibility index (Phi) is 8.16. The van der Waals surface area contributed by atoms with Crippen LogP contribution in [0, 0.1) is 17.8 Å². The molecule has 1 unspecified atom stereocenters. The first kappa shape index (κ1) is 22.6. The van der Waals surface area contributed by atoms with Gasteiger partial charge in [0, 0.05) is 16.0 Å². The summed E-state index contributed by atoms with van der Waals surface area (Å²) >= 11 is 3.69. The van der Waals surface area contributed by atoms with Gasteiger partial charge in [0.25, 0.3) is 0 Å². The minimum Gasteiger partial charge on any atom is -0.489 e. The van der Waals surface area contributed by atoms with Crippen LogP contribution in [0.25, 0.3) is 0 Å². The van der Waals surface area contributed by atoms with E-state index < -0.39 is 0 Å². The van der Waals surface area contributed by atoms with Crippen molar-refractivity contribution in [3.05, 3.63) is 106 Å². The summed E-state index contributed by atoms with van der Waals surface area (Å²) in [5.74, 6) is 3.92. The summed E-state index contributed by atoms with van der Waals surface area (Å²) in [6.07, 6.45) is 1.03. The van der Waals surface area contributed by atoms with Crippen LogP contribution in [0.4, 0.5) is 0 Å². The molecule has 0 aliphatic heterocycles. The quantitative estimate of drug-likeness (QED) is 0.309. The molecule has 2 heteroatoms. The Morgan fingerprint density at radius 3 is 2.00 bits per heavy atom. The van der Waals surface area contributed by atoms with Gasteiger partial charge in [0.15, 0.2) is 0 Å². The van der Waals surface area contributed by atoms with E-state index in [1.165, 1.54) is 16.7 Å². The molecule has 1 atom stereocenters. The predicted octanol–water partition coefficient (Wildman–Crippen LogP) is 8.44. The molecule has 0 saturated carbocycles. The Hall–Kier alpha value is -2.06. The monoisotopic (exact) mass is 463 g/mol. The predicted molar refractivity (Wildman–Crippen MR) is 131 cm³/mol. The van der Waals surface area contributed by atoms with Crippen LogP contribution in [0.3, 0.4) is 0 Å². The molecule has 0 aliphatic carbocycles. The fourth-order valence-electron chi connectivity index (χ4n) is 4.12. The molecule has 0 heterocycles. The largest absolute Gasteiger partial charge is 0.489 e.